The minimum atomic E-state index is -0.757. The number of carbonyl (C=O) groups excluding carboxylic acids is 1. The largest absolute Gasteiger partial charge is 0.458 e. The van der Waals surface area contributed by atoms with Crippen LogP contribution in [0.25, 0.3) is 0 Å². The molecule has 0 fully saturated rings. The smallest absolute Gasteiger partial charge is 0.303 e. The fourth-order valence-electron chi connectivity index (χ4n) is 4.17. The highest BCUT2D eigenvalue weighted by molar-refractivity contribution is 5.66. The molecule has 1 aliphatic rings. The zero-order valence-electron chi connectivity index (χ0n) is 17.1. The van der Waals surface area contributed by atoms with Crippen LogP contribution in [-0.2, 0) is 19.9 Å². The van der Waals surface area contributed by atoms with Crippen LogP contribution in [0.2, 0.25) is 0 Å². The lowest BCUT2D eigenvalue weighted by atomic mass is 9.80. The Morgan fingerprint density at radius 1 is 0.833 bits per heavy atom. The summed E-state index contributed by atoms with van der Waals surface area (Å²) in [6, 6.07) is 30.9. The van der Waals surface area contributed by atoms with Crippen molar-refractivity contribution in [1.29, 1.82) is 0 Å². The molecule has 0 amide bonds. The Kier molecular flexibility index (Phi) is 6.10. The molecule has 0 saturated heterocycles. The predicted octanol–water partition coefficient (Wildman–Crippen LogP) is 5.50. The molecule has 3 nitrogen and oxygen atoms in total. The van der Waals surface area contributed by atoms with E-state index in [9.17, 15) is 4.79 Å². The normalized spacial score (nSPS) is 18.3. The molecule has 0 unspecified atom stereocenters. The highest BCUT2D eigenvalue weighted by atomic mass is 16.5. The van der Waals surface area contributed by atoms with Crippen molar-refractivity contribution in [3.63, 3.8) is 0 Å². The van der Waals surface area contributed by atoms with Gasteiger partial charge in [-0.15, -0.1) is 0 Å². The van der Waals surface area contributed by atoms with Gasteiger partial charge in [0.15, 0.2) is 0 Å². The third-order valence-electron chi connectivity index (χ3n) is 5.59. The van der Waals surface area contributed by atoms with E-state index in [0.29, 0.717) is 6.61 Å². The number of ether oxygens (including phenoxy) is 2. The Balaban J connectivity index is 1.76. The predicted molar refractivity (Wildman–Crippen MR) is 118 cm³/mol. The molecule has 4 rings (SSSR count). The monoisotopic (exact) mass is 398 g/mol. The summed E-state index contributed by atoms with van der Waals surface area (Å²) < 4.78 is 12.4. The second-order valence-electron chi connectivity index (χ2n) is 7.59. The Morgan fingerprint density at radius 3 is 1.73 bits per heavy atom. The van der Waals surface area contributed by atoms with Gasteiger partial charge in [-0.2, -0.15) is 0 Å². The first-order chi connectivity index (χ1) is 14.7. The maximum absolute atomic E-state index is 11.5. The Morgan fingerprint density at radius 2 is 1.30 bits per heavy atom. The molecule has 2 atom stereocenters. The Labute approximate surface area is 178 Å². The third-order valence-corrected chi connectivity index (χ3v) is 5.59. The number of hydrogen-bond acceptors (Lipinski definition) is 3. The molecular formula is C27H26O3. The van der Waals surface area contributed by atoms with E-state index in [0.717, 1.165) is 23.1 Å². The van der Waals surface area contributed by atoms with E-state index >= 15 is 0 Å². The Hall–Kier alpha value is -3.17. The minimum absolute atomic E-state index is 0.0874. The molecule has 3 aromatic rings. The highest BCUT2D eigenvalue weighted by Crippen LogP contribution is 2.41. The number of hydrogen-bond donors (Lipinski definition) is 0. The van der Waals surface area contributed by atoms with Gasteiger partial charge >= 0.3 is 5.97 Å². The third kappa shape index (κ3) is 4.07. The highest BCUT2D eigenvalue weighted by Gasteiger charge is 2.39. The molecule has 0 aromatic heterocycles. The van der Waals surface area contributed by atoms with Crippen LogP contribution in [0.4, 0.5) is 0 Å². The van der Waals surface area contributed by atoms with Gasteiger partial charge in [-0.05, 0) is 29.2 Å². The van der Waals surface area contributed by atoms with E-state index in [1.54, 1.807) is 0 Å². The van der Waals surface area contributed by atoms with E-state index in [1.165, 1.54) is 6.92 Å². The lowest BCUT2D eigenvalue weighted by molar-refractivity contribution is -0.147. The summed E-state index contributed by atoms with van der Waals surface area (Å²) in [5, 5.41) is 0. The molecule has 0 aliphatic heterocycles. The second kappa shape index (κ2) is 9.10. The van der Waals surface area contributed by atoms with Crippen LogP contribution >= 0.6 is 0 Å². The van der Waals surface area contributed by atoms with Gasteiger partial charge in [0.1, 0.15) is 11.7 Å². The molecule has 30 heavy (non-hydrogen) atoms. The molecule has 1 aliphatic carbocycles. The first kappa shape index (κ1) is 20.1. The van der Waals surface area contributed by atoms with Gasteiger partial charge in [-0.1, -0.05) is 97.1 Å². The molecular weight excluding hydrogens is 372 g/mol. The molecule has 3 heteroatoms. The molecule has 0 saturated carbocycles. The summed E-state index contributed by atoms with van der Waals surface area (Å²) in [6.45, 7) is 1.91. The van der Waals surface area contributed by atoms with Crippen molar-refractivity contribution in [3.05, 3.63) is 120 Å². The van der Waals surface area contributed by atoms with Gasteiger partial charge in [0.05, 0.1) is 6.61 Å². The molecule has 152 valence electrons. The van der Waals surface area contributed by atoms with Gasteiger partial charge in [0.25, 0.3) is 0 Å². The van der Waals surface area contributed by atoms with E-state index < -0.39 is 5.60 Å². The second-order valence-corrected chi connectivity index (χ2v) is 7.59. The molecule has 0 heterocycles. The van der Waals surface area contributed by atoms with Crippen molar-refractivity contribution >= 4 is 5.97 Å². The number of rotatable bonds is 7. The quantitative estimate of drug-likeness (QED) is 0.299. The summed E-state index contributed by atoms with van der Waals surface area (Å²) in [5.74, 6) is -0.179. The fraction of sp³-hybridized carbons (Fsp3) is 0.222. The maximum atomic E-state index is 11.5. The van der Waals surface area contributed by atoms with Crippen molar-refractivity contribution in [2.24, 2.45) is 5.92 Å². The zero-order valence-corrected chi connectivity index (χ0v) is 17.1. The summed E-state index contributed by atoms with van der Waals surface area (Å²) >= 11 is 0. The van der Waals surface area contributed by atoms with E-state index in [-0.39, 0.29) is 18.0 Å². The number of esters is 1. The van der Waals surface area contributed by atoms with Crippen LogP contribution in [-0.4, -0.2) is 18.7 Å². The van der Waals surface area contributed by atoms with Gasteiger partial charge in [-0.25, -0.2) is 0 Å². The lowest BCUT2D eigenvalue weighted by Crippen LogP contribution is -2.36. The van der Waals surface area contributed by atoms with E-state index in [4.69, 9.17) is 9.47 Å². The average molecular weight is 399 g/mol. The van der Waals surface area contributed by atoms with Crippen LogP contribution in [0.1, 0.15) is 30.0 Å². The zero-order chi connectivity index (χ0) is 20.8. The molecule has 3 aromatic carbocycles. The summed E-state index contributed by atoms with van der Waals surface area (Å²) in [4.78, 5) is 11.5. The fourth-order valence-corrected chi connectivity index (χ4v) is 4.17. The summed E-state index contributed by atoms with van der Waals surface area (Å²) in [7, 11) is 0. The van der Waals surface area contributed by atoms with Crippen LogP contribution in [0.15, 0.2) is 103 Å². The first-order valence-electron chi connectivity index (χ1n) is 10.3. The van der Waals surface area contributed by atoms with Crippen molar-refractivity contribution in [1.82, 2.24) is 0 Å². The van der Waals surface area contributed by atoms with Gasteiger partial charge < -0.3 is 9.47 Å². The van der Waals surface area contributed by atoms with Gasteiger partial charge in [-0.3, -0.25) is 4.79 Å². The molecule has 0 bridgehead atoms. The van der Waals surface area contributed by atoms with Crippen molar-refractivity contribution < 1.29 is 14.3 Å². The first-order valence-corrected chi connectivity index (χ1v) is 10.3. The van der Waals surface area contributed by atoms with E-state index in [1.807, 2.05) is 60.7 Å². The SMILES string of the molecule is CC(=O)O[C@@H]1C=CC[C@@H]1COC(c1ccccc1)(c1ccccc1)c1ccccc1. The lowest BCUT2D eigenvalue weighted by Gasteiger charge is -2.37. The van der Waals surface area contributed by atoms with Gasteiger partial charge in [0, 0.05) is 12.8 Å². The summed E-state index contributed by atoms with van der Waals surface area (Å²) in [5.41, 5.74) is 2.44. The van der Waals surface area contributed by atoms with Crippen molar-refractivity contribution in [3.8, 4) is 0 Å². The molecule has 0 N–H and O–H groups in total. The maximum Gasteiger partial charge on any atom is 0.303 e. The molecule has 0 radical (unpaired) electrons. The van der Waals surface area contributed by atoms with Crippen molar-refractivity contribution in [2.45, 2.75) is 25.0 Å². The molecule has 0 spiro atoms. The average Bonchev–Trinajstić information content (AvgIpc) is 3.23. The number of carbonyl (C=O) groups is 1. The van der Waals surface area contributed by atoms with Crippen molar-refractivity contribution in [2.75, 3.05) is 6.61 Å². The summed E-state index contributed by atoms with van der Waals surface area (Å²) in [6.07, 6.45) is 4.61. The van der Waals surface area contributed by atoms with Gasteiger partial charge in [0.2, 0.25) is 0 Å². The van der Waals surface area contributed by atoms with E-state index in [2.05, 4.69) is 42.5 Å². The van der Waals surface area contributed by atoms with Crippen LogP contribution in [0.5, 0.6) is 0 Å². The minimum Gasteiger partial charge on any atom is -0.458 e. The number of benzene rings is 3. The van der Waals surface area contributed by atoms with Crippen LogP contribution < -0.4 is 0 Å². The van der Waals surface area contributed by atoms with Crippen LogP contribution in [0, 0.1) is 5.92 Å². The topological polar surface area (TPSA) is 35.5 Å². The van der Waals surface area contributed by atoms with Crippen LogP contribution in [0.3, 0.4) is 0 Å². The standard InChI is InChI=1S/C27H26O3/c1-21(28)30-26-19-11-12-22(26)20-29-27(23-13-5-2-6-14-23,24-15-7-3-8-16-24)25-17-9-4-10-18-25/h2-11,13-19,22,26H,12,20H2,1H3/t22-,26-/m1/s1. The Bertz CT molecular complexity index is 884. The number of allylic oxidation sites excluding steroid dienone is 1.